The van der Waals surface area contributed by atoms with Crippen molar-refractivity contribution in [2.45, 2.75) is 40.9 Å². The van der Waals surface area contributed by atoms with Crippen molar-refractivity contribution in [1.82, 2.24) is 0 Å². The first-order chi connectivity index (χ1) is 9.88. The Labute approximate surface area is 127 Å². The van der Waals surface area contributed by atoms with Crippen LogP contribution < -0.4 is 4.74 Å². The molecule has 0 aromatic heterocycles. The Morgan fingerprint density at radius 2 is 1.52 bits per heavy atom. The van der Waals surface area contributed by atoms with Crippen molar-refractivity contribution in [3.8, 4) is 5.75 Å². The molecule has 0 aliphatic rings. The van der Waals surface area contributed by atoms with Crippen LogP contribution >= 0.6 is 0 Å². The van der Waals surface area contributed by atoms with Gasteiger partial charge in [-0.25, -0.2) is 4.79 Å². The third-order valence-corrected chi connectivity index (χ3v) is 2.60. The van der Waals surface area contributed by atoms with Crippen LogP contribution in [0.25, 0.3) is 0 Å². The van der Waals surface area contributed by atoms with E-state index >= 15 is 0 Å². The van der Waals surface area contributed by atoms with E-state index in [2.05, 4.69) is 13.8 Å². The molecule has 1 aromatic rings. The first kappa shape index (κ1) is 17.5. The summed E-state index contributed by atoms with van der Waals surface area (Å²) in [7, 11) is 0. The molecule has 0 N–H and O–H groups in total. The maximum Gasteiger partial charge on any atom is 0.338 e. The van der Waals surface area contributed by atoms with Gasteiger partial charge in [-0.1, -0.05) is 27.7 Å². The Balaban J connectivity index is 2.48. The van der Waals surface area contributed by atoms with Gasteiger partial charge >= 0.3 is 5.97 Å². The summed E-state index contributed by atoms with van der Waals surface area (Å²) in [6.45, 7) is 11.1. The van der Waals surface area contributed by atoms with Crippen LogP contribution in [0, 0.1) is 11.8 Å². The van der Waals surface area contributed by atoms with E-state index in [9.17, 15) is 4.79 Å². The fourth-order valence-electron chi connectivity index (χ4n) is 1.55. The second kappa shape index (κ2) is 8.67. The van der Waals surface area contributed by atoms with Gasteiger partial charge in [-0.3, -0.25) is 0 Å². The van der Waals surface area contributed by atoms with Crippen LogP contribution in [0.3, 0.4) is 0 Å². The molecule has 0 aliphatic heterocycles. The van der Waals surface area contributed by atoms with Gasteiger partial charge in [0.2, 0.25) is 0 Å². The Morgan fingerprint density at radius 3 is 2.05 bits per heavy atom. The summed E-state index contributed by atoms with van der Waals surface area (Å²) in [4.78, 5) is 11.8. The van der Waals surface area contributed by atoms with Gasteiger partial charge in [-0.15, -0.1) is 0 Å². The Bertz CT molecular complexity index is 423. The molecule has 4 heteroatoms. The molecule has 4 nitrogen and oxygen atoms in total. The van der Waals surface area contributed by atoms with Crippen LogP contribution in [0.1, 0.15) is 45.0 Å². The summed E-state index contributed by atoms with van der Waals surface area (Å²) in [6, 6.07) is 6.91. The molecule has 0 fully saturated rings. The van der Waals surface area contributed by atoms with Crippen molar-refractivity contribution in [1.29, 1.82) is 0 Å². The monoisotopic (exact) mass is 294 g/mol. The smallest absolute Gasteiger partial charge is 0.338 e. The third-order valence-electron chi connectivity index (χ3n) is 2.60. The zero-order valence-corrected chi connectivity index (χ0v) is 13.6. The molecule has 0 bridgehead atoms. The van der Waals surface area contributed by atoms with Crippen LogP contribution in [0.5, 0.6) is 5.75 Å². The lowest BCUT2D eigenvalue weighted by Crippen LogP contribution is -2.19. The summed E-state index contributed by atoms with van der Waals surface area (Å²) in [5, 5.41) is 0. The normalized spacial score (nSPS) is 12.5. The number of ether oxygens (including phenoxy) is 3. The lowest BCUT2D eigenvalue weighted by molar-refractivity contribution is -0.0755. The van der Waals surface area contributed by atoms with E-state index in [1.54, 1.807) is 24.3 Å². The fraction of sp³-hybridized carbons (Fsp3) is 0.588. The highest BCUT2D eigenvalue weighted by Crippen LogP contribution is 2.15. The summed E-state index contributed by atoms with van der Waals surface area (Å²) in [5.41, 5.74) is 0.527. The molecular weight excluding hydrogens is 268 g/mol. The second-order valence-corrected chi connectivity index (χ2v) is 5.93. The number of rotatable bonds is 8. The Morgan fingerprint density at radius 1 is 0.952 bits per heavy atom. The minimum absolute atomic E-state index is 0.306. The second-order valence-electron chi connectivity index (χ2n) is 5.93. The topological polar surface area (TPSA) is 44.8 Å². The number of benzene rings is 1. The first-order valence-corrected chi connectivity index (χ1v) is 7.44. The molecule has 0 heterocycles. The maximum atomic E-state index is 11.8. The predicted octanol–water partition coefficient (Wildman–Crippen LogP) is 3.90. The molecule has 0 saturated heterocycles. The van der Waals surface area contributed by atoms with E-state index in [0.717, 1.165) is 0 Å². The molecule has 0 saturated carbocycles. The molecule has 0 spiro atoms. The molecule has 1 aromatic carbocycles. The van der Waals surface area contributed by atoms with Crippen molar-refractivity contribution in [3.63, 3.8) is 0 Å². The quantitative estimate of drug-likeness (QED) is 0.539. The number of esters is 1. The highest BCUT2D eigenvalue weighted by atomic mass is 16.7. The minimum atomic E-state index is -0.314. The van der Waals surface area contributed by atoms with E-state index in [1.807, 2.05) is 20.8 Å². The van der Waals surface area contributed by atoms with Crippen LogP contribution in [0.2, 0.25) is 0 Å². The lowest BCUT2D eigenvalue weighted by Gasteiger charge is -2.16. The number of carbonyl (C=O) groups is 1. The molecule has 118 valence electrons. The minimum Gasteiger partial charge on any atom is -0.465 e. The highest BCUT2D eigenvalue weighted by molar-refractivity contribution is 5.89. The lowest BCUT2D eigenvalue weighted by atomic mass is 10.2. The van der Waals surface area contributed by atoms with Gasteiger partial charge < -0.3 is 14.2 Å². The first-order valence-electron chi connectivity index (χ1n) is 7.44. The third kappa shape index (κ3) is 7.14. The zero-order chi connectivity index (χ0) is 15.8. The molecule has 0 amide bonds. The Hall–Kier alpha value is -1.55. The van der Waals surface area contributed by atoms with Crippen molar-refractivity contribution in [3.05, 3.63) is 29.8 Å². The van der Waals surface area contributed by atoms with Crippen molar-refractivity contribution in [2.24, 2.45) is 11.8 Å². The average Bonchev–Trinajstić information content (AvgIpc) is 2.43. The average molecular weight is 294 g/mol. The van der Waals surface area contributed by atoms with E-state index in [4.69, 9.17) is 14.2 Å². The summed E-state index contributed by atoms with van der Waals surface area (Å²) in [6.07, 6.45) is -0.314. The SMILES string of the molecule is CC(C)COC(=O)c1ccc(OC(C)OCC(C)C)cc1. The van der Waals surface area contributed by atoms with Gasteiger partial charge in [0.1, 0.15) is 5.75 Å². The van der Waals surface area contributed by atoms with E-state index < -0.39 is 0 Å². The summed E-state index contributed by atoms with van der Waals surface area (Å²) < 4.78 is 16.3. The summed E-state index contributed by atoms with van der Waals surface area (Å²) >= 11 is 0. The van der Waals surface area contributed by atoms with Gasteiger partial charge in [0.25, 0.3) is 0 Å². The molecule has 1 unspecified atom stereocenters. The highest BCUT2D eigenvalue weighted by Gasteiger charge is 2.10. The van der Waals surface area contributed by atoms with Crippen LogP contribution in [0.4, 0.5) is 0 Å². The van der Waals surface area contributed by atoms with Crippen LogP contribution in [-0.4, -0.2) is 25.5 Å². The van der Waals surface area contributed by atoms with E-state index in [1.165, 1.54) is 0 Å². The summed E-state index contributed by atoms with van der Waals surface area (Å²) in [5.74, 6) is 1.16. The van der Waals surface area contributed by atoms with Gasteiger partial charge in [0.05, 0.1) is 18.8 Å². The molecule has 1 rings (SSSR count). The number of carbonyl (C=O) groups excluding carboxylic acids is 1. The molecular formula is C17H26O4. The van der Waals surface area contributed by atoms with Crippen molar-refractivity contribution < 1.29 is 19.0 Å². The van der Waals surface area contributed by atoms with E-state index in [0.29, 0.717) is 36.4 Å². The zero-order valence-electron chi connectivity index (χ0n) is 13.6. The van der Waals surface area contributed by atoms with Crippen LogP contribution in [-0.2, 0) is 9.47 Å². The molecule has 1 atom stereocenters. The number of hydrogen-bond donors (Lipinski definition) is 0. The van der Waals surface area contributed by atoms with E-state index in [-0.39, 0.29) is 12.3 Å². The molecule has 0 radical (unpaired) electrons. The largest absolute Gasteiger partial charge is 0.465 e. The van der Waals surface area contributed by atoms with Gasteiger partial charge in [-0.2, -0.15) is 0 Å². The fourth-order valence-corrected chi connectivity index (χ4v) is 1.55. The molecule has 21 heavy (non-hydrogen) atoms. The maximum absolute atomic E-state index is 11.8. The number of hydrogen-bond acceptors (Lipinski definition) is 4. The van der Waals surface area contributed by atoms with Crippen LogP contribution in [0.15, 0.2) is 24.3 Å². The van der Waals surface area contributed by atoms with Gasteiger partial charge in [-0.05, 0) is 43.0 Å². The standard InChI is InChI=1S/C17H26O4/c1-12(2)10-19-14(5)21-16-8-6-15(7-9-16)17(18)20-11-13(3)4/h6-9,12-14H,10-11H2,1-5H3. The Kier molecular flexibility index (Phi) is 7.23. The van der Waals surface area contributed by atoms with Crippen molar-refractivity contribution >= 4 is 5.97 Å². The molecule has 0 aliphatic carbocycles. The van der Waals surface area contributed by atoms with Crippen molar-refractivity contribution in [2.75, 3.05) is 13.2 Å². The van der Waals surface area contributed by atoms with Gasteiger partial charge in [0.15, 0.2) is 6.29 Å². The van der Waals surface area contributed by atoms with Gasteiger partial charge in [0, 0.05) is 0 Å². The predicted molar refractivity (Wildman–Crippen MR) is 82.4 cm³/mol.